The monoisotopic (exact) mass is 350 g/mol. The van der Waals surface area contributed by atoms with Crippen molar-refractivity contribution < 1.29 is 9.32 Å². The first kappa shape index (κ1) is 15.2. The molecule has 5 rings (SSSR count). The number of para-hydroxylation sites is 1. The van der Waals surface area contributed by atoms with Gasteiger partial charge in [-0.2, -0.15) is 14.9 Å². The fourth-order valence-electron chi connectivity index (χ4n) is 3.35. The average molecular weight is 350 g/mol. The van der Waals surface area contributed by atoms with E-state index in [1.165, 1.54) is 11.0 Å². The van der Waals surface area contributed by atoms with Gasteiger partial charge >= 0.3 is 0 Å². The number of rotatable bonds is 4. The van der Waals surface area contributed by atoms with Gasteiger partial charge in [0.05, 0.1) is 11.9 Å². The summed E-state index contributed by atoms with van der Waals surface area (Å²) in [4.78, 5) is 20.7. The molecule has 0 radical (unpaired) electrons. The summed E-state index contributed by atoms with van der Waals surface area (Å²) in [6.45, 7) is 0.656. The predicted molar refractivity (Wildman–Crippen MR) is 90.6 cm³/mol. The zero-order valence-corrected chi connectivity index (χ0v) is 14.2. The summed E-state index contributed by atoms with van der Waals surface area (Å²) >= 11 is 0. The Morgan fingerprint density at radius 2 is 2.00 bits per heavy atom. The molecule has 0 bridgehead atoms. The van der Waals surface area contributed by atoms with Gasteiger partial charge in [-0.3, -0.25) is 4.79 Å². The first-order valence-electron chi connectivity index (χ1n) is 8.92. The summed E-state index contributed by atoms with van der Waals surface area (Å²) in [6, 6.07) is 9.35. The molecule has 0 N–H and O–H groups in total. The number of hydrogen-bond donors (Lipinski definition) is 0. The minimum Gasteiger partial charge on any atom is -0.337 e. The van der Waals surface area contributed by atoms with Crippen LogP contribution in [0.5, 0.6) is 0 Å². The average Bonchev–Trinajstić information content (AvgIpc) is 3.12. The molecule has 1 amide bonds. The van der Waals surface area contributed by atoms with Crippen molar-refractivity contribution in [1.82, 2.24) is 30.0 Å². The van der Waals surface area contributed by atoms with Gasteiger partial charge in [-0.25, -0.2) is 0 Å². The molecule has 1 unspecified atom stereocenters. The van der Waals surface area contributed by atoms with E-state index in [9.17, 15) is 4.79 Å². The summed E-state index contributed by atoms with van der Waals surface area (Å²) in [7, 11) is 0. The predicted octanol–water partition coefficient (Wildman–Crippen LogP) is 2.51. The highest BCUT2D eigenvalue weighted by Gasteiger charge is 2.37. The van der Waals surface area contributed by atoms with Gasteiger partial charge < -0.3 is 9.42 Å². The normalized spacial score (nSPS) is 19.8. The summed E-state index contributed by atoms with van der Waals surface area (Å²) in [5.74, 6) is 1.59. The minimum atomic E-state index is -0.177. The number of nitrogens with zero attached hydrogens (tertiary/aromatic N) is 6. The van der Waals surface area contributed by atoms with E-state index in [0.717, 1.165) is 37.2 Å². The molecule has 2 aliphatic rings. The van der Waals surface area contributed by atoms with Crippen LogP contribution >= 0.6 is 0 Å². The molecule has 1 atom stereocenters. The van der Waals surface area contributed by atoms with Crippen molar-refractivity contribution in [3.05, 3.63) is 53.9 Å². The number of amides is 1. The van der Waals surface area contributed by atoms with Gasteiger partial charge in [-0.05, 0) is 37.8 Å². The number of carbonyl (C=O) groups is 1. The van der Waals surface area contributed by atoms with Crippen LogP contribution in [-0.2, 0) is 0 Å². The number of likely N-dealkylation sites (tertiary alicyclic amines) is 1. The van der Waals surface area contributed by atoms with Crippen molar-refractivity contribution in [2.75, 3.05) is 6.54 Å². The molecule has 26 heavy (non-hydrogen) atoms. The molecule has 1 aliphatic carbocycles. The van der Waals surface area contributed by atoms with Crippen molar-refractivity contribution in [2.24, 2.45) is 0 Å². The second-order valence-electron chi connectivity index (χ2n) is 6.78. The maximum absolute atomic E-state index is 12.9. The molecule has 8 heteroatoms. The SMILES string of the molecule is O=C(c1cnn(-c2ccccc2)n1)N1CCCC1c1nc(C2CC2)no1. The molecule has 1 saturated heterocycles. The fraction of sp³-hybridized carbons (Fsp3) is 0.389. The molecule has 3 heterocycles. The van der Waals surface area contributed by atoms with E-state index in [0.29, 0.717) is 24.0 Å². The van der Waals surface area contributed by atoms with Crippen LogP contribution < -0.4 is 0 Å². The standard InChI is InChI=1S/C18H18N6O2/c25-18(14-11-19-24(21-14)13-5-2-1-3-6-13)23-10-4-7-15(23)17-20-16(22-26-17)12-8-9-12/h1-3,5-6,11-12,15H,4,7-10H2. The van der Waals surface area contributed by atoms with Crippen LogP contribution in [0.1, 0.15) is 59.8 Å². The maximum Gasteiger partial charge on any atom is 0.276 e. The lowest BCUT2D eigenvalue weighted by atomic mass is 10.2. The van der Waals surface area contributed by atoms with E-state index in [1.807, 2.05) is 30.3 Å². The maximum atomic E-state index is 12.9. The quantitative estimate of drug-likeness (QED) is 0.718. The molecule has 2 aromatic heterocycles. The van der Waals surface area contributed by atoms with Crippen molar-refractivity contribution in [1.29, 1.82) is 0 Å². The second-order valence-corrected chi connectivity index (χ2v) is 6.78. The van der Waals surface area contributed by atoms with Gasteiger partial charge in [0.25, 0.3) is 5.91 Å². The topological polar surface area (TPSA) is 89.9 Å². The van der Waals surface area contributed by atoms with Crippen LogP contribution in [0.15, 0.2) is 41.1 Å². The fourth-order valence-corrected chi connectivity index (χ4v) is 3.35. The van der Waals surface area contributed by atoms with E-state index in [4.69, 9.17) is 4.52 Å². The molecular weight excluding hydrogens is 332 g/mol. The molecule has 1 aromatic carbocycles. The molecule has 1 aliphatic heterocycles. The second kappa shape index (κ2) is 6.05. The summed E-state index contributed by atoms with van der Waals surface area (Å²) in [6.07, 6.45) is 5.48. The van der Waals surface area contributed by atoms with Gasteiger partial charge in [0.2, 0.25) is 5.89 Å². The number of carbonyl (C=O) groups excluding carboxylic acids is 1. The Bertz CT molecular complexity index is 930. The lowest BCUT2D eigenvalue weighted by Gasteiger charge is -2.20. The Hall–Kier alpha value is -3.03. The van der Waals surface area contributed by atoms with E-state index in [1.54, 1.807) is 4.90 Å². The van der Waals surface area contributed by atoms with E-state index < -0.39 is 0 Å². The first-order chi connectivity index (χ1) is 12.8. The van der Waals surface area contributed by atoms with Crippen LogP contribution in [0, 0.1) is 0 Å². The number of benzene rings is 1. The Balaban J connectivity index is 1.38. The Morgan fingerprint density at radius 1 is 1.15 bits per heavy atom. The third kappa shape index (κ3) is 2.67. The lowest BCUT2D eigenvalue weighted by molar-refractivity contribution is 0.0703. The summed E-state index contributed by atoms with van der Waals surface area (Å²) in [5.41, 5.74) is 1.14. The molecule has 0 spiro atoms. The molecule has 8 nitrogen and oxygen atoms in total. The van der Waals surface area contributed by atoms with Crippen LogP contribution in [-0.4, -0.2) is 42.5 Å². The zero-order chi connectivity index (χ0) is 17.5. The Kier molecular flexibility index (Phi) is 3.55. The summed E-state index contributed by atoms with van der Waals surface area (Å²) < 4.78 is 5.44. The van der Waals surface area contributed by atoms with Crippen molar-refractivity contribution in [3.63, 3.8) is 0 Å². The van der Waals surface area contributed by atoms with Crippen LogP contribution in [0.25, 0.3) is 5.69 Å². The third-order valence-electron chi connectivity index (χ3n) is 4.90. The molecule has 1 saturated carbocycles. The Morgan fingerprint density at radius 3 is 2.81 bits per heavy atom. The van der Waals surface area contributed by atoms with E-state index >= 15 is 0 Å². The van der Waals surface area contributed by atoms with Crippen LogP contribution in [0.4, 0.5) is 0 Å². The van der Waals surface area contributed by atoms with Crippen molar-refractivity contribution >= 4 is 5.91 Å². The number of hydrogen-bond acceptors (Lipinski definition) is 6. The molecular formula is C18H18N6O2. The lowest BCUT2D eigenvalue weighted by Crippen LogP contribution is -2.31. The molecule has 2 fully saturated rings. The third-order valence-corrected chi connectivity index (χ3v) is 4.90. The first-order valence-corrected chi connectivity index (χ1v) is 8.92. The minimum absolute atomic E-state index is 0.152. The zero-order valence-electron chi connectivity index (χ0n) is 14.2. The number of aromatic nitrogens is 5. The van der Waals surface area contributed by atoms with Crippen LogP contribution in [0.2, 0.25) is 0 Å². The van der Waals surface area contributed by atoms with Gasteiger partial charge in [0, 0.05) is 12.5 Å². The van der Waals surface area contributed by atoms with Gasteiger partial charge in [0.1, 0.15) is 6.04 Å². The Labute approximate surface area is 149 Å². The summed E-state index contributed by atoms with van der Waals surface area (Å²) in [5, 5.41) is 12.6. The molecule has 3 aromatic rings. The smallest absolute Gasteiger partial charge is 0.276 e. The van der Waals surface area contributed by atoms with Gasteiger partial charge in [0.15, 0.2) is 11.5 Å². The van der Waals surface area contributed by atoms with Crippen molar-refractivity contribution in [3.8, 4) is 5.69 Å². The van der Waals surface area contributed by atoms with E-state index in [2.05, 4.69) is 20.3 Å². The van der Waals surface area contributed by atoms with Crippen LogP contribution in [0.3, 0.4) is 0 Å². The highest BCUT2D eigenvalue weighted by atomic mass is 16.5. The van der Waals surface area contributed by atoms with Gasteiger partial charge in [-0.15, -0.1) is 5.10 Å². The van der Waals surface area contributed by atoms with Gasteiger partial charge in [-0.1, -0.05) is 23.4 Å². The highest BCUT2D eigenvalue weighted by Crippen LogP contribution is 2.39. The van der Waals surface area contributed by atoms with Crippen molar-refractivity contribution in [2.45, 2.75) is 37.6 Å². The van der Waals surface area contributed by atoms with E-state index in [-0.39, 0.29) is 11.9 Å². The molecule has 132 valence electrons. The highest BCUT2D eigenvalue weighted by molar-refractivity contribution is 5.92. The largest absolute Gasteiger partial charge is 0.337 e.